The molecule has 10 nitrogen and oxygen atoms in total. The summed E-state index contributed by atoms with van der Waals surface area (Å²) < 4.78 is 58.8. The molecule has 0 spiro atoms. The van der Waals surface area contributed by atoms with E-state index in [-0.39, 0.29) is 63.5 Å². The summed E-state index contributed by atoms with van der Waals surface area (Å²) in [5.41, 5.74) is -0.543. The Kier molecular flexibility index (Phi) is 7.76. The number of nitrogens with one attached hydrogen (secondary N) is 1. The summed E-state index contributed by atoms with van der Waals surface area (Å²) in [7, 11) is 2.57. The number of carboxylic acid groups (broad SMARTS) is 1. The van der Waals surface area contributed by atoms with E-state index >= 15 is 0 Å². The molecule has 0 unspecified atom stereocenters. The summed E-state index contributed by atoms with van der Waals surface area (Å²) in [5, 5.41) is 9.16. The molecule has 0 fully saturated rings. The zero-order valence-electron chi connectivity index (χ0n) is 20.0. The number of halogens is 4. The number of aliphatic carboxylic acids is 1. The van der Waals surface area contributed by atoms with Crippen LogP contribution in [0.25, 0.3) is 16.9 Å². The second-order valence-electron chi connectivity index (χ2n) is 7.88. The number of hydrogen-bond donors (Lipinski definition) is 2. The number of hydrogen-bond acceptors (Lipinski definition) is 7. The number of aryl methyl sites for hydroxylation is 1. The molecule has 0 aliphatic rings. The molecule has 0 aliphatic carbocycles. The Morgan fingerprint density at radius 1 is 1.16 bits per heavy atom. The number of ether oxygens (including phenoxy) is 3. The average Bonchev–Trinajstić information content (AvgIpc) is 3.23. The van der Waals surface area contributed by atoms with Gasteiger partial charge >= 0.3 is 11.7 Å². The molecular formula is C24H20ClF3N4O6. The van der Waals surface area contributed by atoms with E-state index < -0.39 is 36.6 Å². The third-order valence-corrected chi connectivity index (χ3v) is 5.89. The second kappa shape index (κ2) is 11.0. The summed E-state index contributed by atoms with van der Waals surface area (Å²) in [6.07, 6.45) is -0.320. The van der Waals surface area contributed by atoms with Crippen molar-refractivity contribution in [2.75, 3.05) is 14.2 Å². The lowest BCUT2D eigenvalue weighted by molar-refractivity contribution is -0.136. The van der Waals surface area contributed by atoms with Gasteiger partial charge in [0.2, 0.25) is 5.88 Å². The highest BCUT2D eigenvalue weighted by atomic mass is 35.5. The minimum Gasteiger partial charge on any atom is -0.496 e. The molecule has 4 rings (SSSR count). The summed E-state index contributed by atoms with van der Waals surface area (Å²) in [6.45, 7) is -1.54. The molecule has 2 N–H and O–H groups in total. The van der Waals surface area contributed by atoms with Gasteiger partial charge in [0.25, 0.3) is 0 Å². The third kappa shape index (κ3) is 5.09. The fourth-order valence-electron chi connectivity index (χ4n) is 3.81. The Hall–Kier alpha value is -4.26. The van der Waals surface area contributed by atoms with Crippen molar-refractivity contribution in [2.45, 2.75) is 26.1 Å². The number of benzene rings is 2. The Bertz CT molecular complexity index is 1590. The van der Waals surface area contributed by atoms with E-state index in [1.54, 1.807) is 0 Å². The first-order valence-electron chi connectivity index (χ1n) is 11.0. The van der Waals surface area contributed by atoms with Crippen LogP contribution in [-0.4, -0.2) is 44.8 Å². The van der Waals surface area contributed by atoms with Gasteiger partial charge in [-0.15, -0.1) is 0 Å². The number of imidazole rings is 1. The number of fused-ring (bicyclic) bond motifs is 1. The number of aromatic amines is 1. The van der Waals surface area contributed by atoms with Crippen molar-refractivity contribution in [3.05, 3.63) is 68.4 Å². The number of methoxy groups -OCH3 is 2. The van der Waals surface area contributed by atoms with Crippen LogP contribution in [0.1, 0.15) is 23.4 Å². The number of H-pyrrole nitrogens is 1. The Labute approximate surface area is 217 Å². The van der Waals surface area contributed by atoms with Crippen LogP contribution in [0.5, 0.6) is 17.4 Å². The first-order chi connectivity index (χ1) is 18.2. The van der Waals surface area contributed by atoms with E-state index in [0.717, 1.165) is 10.6 Å². The number of rotatable bonds is 10. The van der Waals surface area contributed by atoms with E-state index in [2.05, 4.69) is 15.0 Å². The van der Waals surface area contributed by atoms with E-state index in [9.17, 15) is 22.8 Å². The van der Waals surface area contributed by atoms with Crippen LogP contribution in [-0.2, 0) is 24.5 Å². The van der Waals surface area contributed by atoms with Crippen LogP contribution in [0.2, 0.25) is 5.02 Å². The Morgan fingerprint density at radius 2 is 1.92 bits per heavy atom. The Balaban J connectivity index is 1.86. The first-order valence-corrected chi connectivity index (χ1v) is 11.4. The van der Waals surface area contributed by atoms with Crippen molar-refractivity contribution >= 4 is 28.7 Å². The van der Waals surface area contributed by atoms with Crippen LogP contribution in [0.15, 0.2) is 29.1 Å². The first kappa shape index (κ1) is 26.8. The standard InChI is InChI=1S/C24H20ClF3N4O6/c1-36-16-5-4-14(27)20(28)12(16)10-38-17-8-15(13(25)7-11(17)3-6-19(33)34)32-22-21(31-24(32)35)23(37-2)30-18(9-26)29-22/h4-5,7-8H,3,6,9-10H2,1-2H3,(H,31,35)(H,33,34). The number of nitrogens with zero attached hydrogens (tertiary/aromatic N) is 3. The molecule has 4 aromatic rings. The van der Waals surface area contributed by atoms with E-state index in [1.165, 1.54) is 32.4 Å². The monoisotopic (exact) mass is 552 g/mol. The number of alkyl halides is 1. The topological polar surface area (TPSA) is 129 Å². The quantitative estimate of drug-likeness (QED) is 0.301. The highest BCUT2D eigenvalue weighted by Crippen LogP contribution is 2.34. The van der Waals surface area contributed by atoms with Gasteiger partial charge in [0.1, 0.15) is 30.3 Å². The van der Waals surface area contributed by atoms with Gasteiger partial charge in [0.15, 0.2) is 23.1 Å². The van der Waals surface area contributed by atoms with E-state index in [1.807, 2.05) is 0 Å². The molecule has 0 amide bonds. The molecule has 0 saturated heterocycles. The molecule has 14 heteroatoms. The smallest absolute Gasteiger partial charge is 0.332 e. The van der Waals surface area contributed by atoms with Crippen molar-refractivity contribution in [1.29, 1.82) is 0 Å². The molecule has 2 aromatic heterocycles. The van der Waals surface area contributed by atoms with Gasteiger partial charge in [-0.25, -0.2) is 27.5 Å². The normalized spacial score (nSPS) is 11.1. The molecule has 0 aliphatic heterocycles. The highest BCUT2D eigenvalue weighted by molar-refractivity contribution is 6.32. The number of carbonyl (C=O) groups is 1. The molecular weight excluding hydrogens is 533 g/mol. The van der Waals surface area contributed by atoms with Gasteiger partial charge in [-0.1, -0.05) is 11.6 Å². The van der Waals surface area contributed by atoms with Crippen molar-refractivity contribution in [3.8, 4) is 23.1 Å². The summed E-state index contributed by atoms with van der Waals surface area (Å²) in [4.78, 5) is 34.6. The van der Waals surface area contributed by atoms with Crippen LogP contribution in [0.3, 0.4) is 0 Å². The van der Waals surface area contributed by atoms with E-state index in [0.29, 0.717) is 5.56 Å². The highest BCUT2D eigenvalue weighted by Gasteiger charge is 2.22. The molecule has 2 heterocycles. The fraction of sp³-hybridized carbons (Fsp3) is 0.250. The minimum absolute atomic E-state index is 0.00892. The van der Waals surface area contributed by atoms with Crippen LogP contribution in [0, 0.1) is 11.6 Å². The molecule has 0 radical (unpaired) electrons. The SMILES string of the molecule is COc1ccc(F)c(F)c1COc1cc(-n2c(=O)[nH]c3c(OC)nc(CF)nc32)c(Cl)cc1CCC(=O)O. The average molecular weight is 553 g/mol. The lowest BCUT2D eigenvalue weighted by Gasteiger charge is -2.17. The van der Waals surface area contributed by atoms with Gasteiger partial charge in [-0.2, -0.15) is 4.98 Å². The maximum atomic E-state index is 14.5. The molecule has 0 atom stereocenters. The Morgan fingerprint density at radius 3 is 2.58 bits per heavy atom. The molecule has 0 bridgehead atoms. The lowest BCUT2D eigenvalue weighted by atomic mass is 10.1. The summed E-state index contributed by atoms with van der Waals surface area (Å²) in [6, 6.07) is 4.84. The molecule has 0 saturated carbocycles. The molecule has 200 valence electrons. The summed E-state index contributed by atoms with van der Waals surface area (Å²) >= 11 is 6.48. The maximum absolute atomic E-state index is 14.5. The van der Waals surface area contributed by atoms with Gasteiger partial charge in [-0.3, -0.25) is 9.78 Å². The van der Waals surface area contributed by atoms with Crippen molar-refractivity contribution < 1.29 is 37.3 Å². The maximum Gasteiger partial charge on any atom is 0.332 e. The van der Waals surface area contributed by atoms with E-state index in [4.69, 9.17) is 30.9 Å². The van der Waals surface area contributed by atoms with Crippen LogP contribution in [0.4, 0.5) is 13.2 Å². The van der Waals surface area contributed by atoms with Gasteiger partial charge in [-0.05, 0) is 30.2 Å². The van der Waals surface area contributed by atoms with Gasteiger partial charge < -0.3 is 19.3 Å². The van der Waals surface area contributed by atoms with Gasteiger partial charge in [0, 0.05) is 12.5 Å². The third-order valence-electron chi connectivity index (χ3n) is 5.59. The van der Waals surface area contributed by atoms with Crippen molar-refractivity contribution in [3.63, 3.8) is 0 Å². The van der Waals surface area contributed by atoms with Gasteiger partial charge in [0.05, 0.1) is 30.5 Å². The minimum atomic E-state index is -1.18. The lowest BCUT2D eigenvalue weighted by Crippen LogP contribution is -2.16. The molecule has 2 aromatic carbocycles. The van der Waals surface area contributed by atoms with Crippen molar-refractivity contribution in [1.82, 2.24) is 19.5 Å². The number of aromatic nitrogens is 4. The molecule has 38 heavy (non-hydrogen) atoms. The zero-order chi connectivity index (χ0) is 27.6. The predicted octanol–water partition coefficient (Wildman–Crippen LogP) is 4.12. The van der Waals surface area contributed by atoms with Crippen LogP contribution < -0.4 is 19.9 Å². The number of carboxylic acids is 1. The summed E-state index contributed by atoms with van der Waals surface area (Å²) in [5.74, 6) is -3.65. The largest absolute Gasteiger partial charge is 0.496 e. The van der Waals surface area contributed by atoms with Crippen LogP contribution >= 0.6 is 11.6 Å². The zero-order valence-corrected chi connectivity index (χ0v) is 20.7. The predicted molar refractivity (Wildman–Crippen MR) is 129 cm³/mol. The van der Waals surface area contributed by atoms with Crippen molar-refractivity contribution in [2.24, 2.45) is 0 Å². The fourth-order valence-corrected chi connectivity index (χ4v) is 4.08. The second-order valence-corrected chi connectivity index (χ2v) is 8.29.